The number of hydrogen-bond acceptors (Lipinski definition) is 1. The van der Waals surface area contributed by atoms with Crippen molar-refractivity contribution in [3.8, 4) is 0 Å². The first-order chi connectivity index (χ1) is 12.2. The molecule has 1 saturated heterocycles. The predicted octanol–water partition coefficient (Wildman–Crippen LogP) is 2.72. The number of likely N-dealkylation sites (N-methyl/N-ethyl adjacent to an activating group) is 1. The monoisotopic (exact) mass is 374 g/mol. The Labute approximate surface area is 159 Å². The SMILES string of the molecule is CC[NH+]1CCC[C@H]([NH2+][C@@H]2Cc3cc(Cl)ccc3Sc3ccccc32)C1. The fourth-order valence-electron chi connectivity index (χ4n) is 4.33. The molecule has 3 atom stereocenters. The van der Waals surface area contributed by atoms with Crippen molar-refractivity contribution in [3.05, 3.63) is 58.6 Å². The first-order valence-electron chi connectivity index (χ1n) is 9.46. The van der Waals surface area contributed by atoms with E-state index in [1.54, 1.807) is 4.90 Å². The zero-order valence-corrected chi connectivity index (χ0v) is 16.4. The van der Waals surface area contributed by atoms with Crippen molar-refractivity contribution in [3.63, 3.8) is 0 Å². The summed E-state index contributed by atoms with van der Waals surface area (Å²) in [6, 6.07) is 16.5. The number of halogens is 1. The molecule has 0 aliphatic carbocycles. The summed E-state index contributed by atoms with van der Waals surface area (Å²) in [4.78, 5) is 4.52. The van der Waals surface area contributed by atoms with Gasteiger partial charge in [-0.1, -0.05) is 41.6 Å². The minimum atomic E-state index is 0.490. The Morgan fingerprint density at radius 1 is 1.20 bits per heavy atom. The Hall–Kier alpha value is -1.00. The molecule has 0 saturated carbocycles. The van der Waals surface area contributed by atoms with E-state index in [4.69, 9.17) is 11.6 Å². The zero-order valence-electron chi connectivity index (χ0n) is 14.8. The summed E-state index contributed by atoms with van der Waals surface area (Å²) in [5.41, 5.74) is 2.88. The maximum absolute atomic E-state index is 6.30. The van der Waals surface area contributed by atoms with E-state index in [1.165, 1.54) is 53.4 Å². The molecule has 4 heteroatoms. The highest BCUT2D eigenvalue weighted by Gasteiger charge is 2.31. The van der Waals surface area contributed by atoms with E-state index in [1.807, 2.05) is 17.8 Å². The quantitative estimate of drug-likeness (QED) is 0.846. The van der Waals surface area contributed by atoms with Gasteiger partial charge in [-0.15, -0.1) is 0 Å². The van der Waals surface area contributed by atoms with Crippen LogP contribution in [0.1, 0.15) is 36.9 Å². The average molecular weight is 375 g/mol. The molecule has 0 bridgehead atoms. The molecule has 0 radical (unpaired) electrons. The summed E-state index contributed by atoms with van der Waals surface area (Å²) < 4.78 is 0. The fourth-order valence-corrected chi connectivity index (χ4v) is 5.65. The Morgan fingerprint density at radius 2 is 2.08 bits per heavy atom. The molecule has 25 heavy (non-hydrogen) atoms. The molecule has 0 amide bonds. The van der Waals surface area contributed by atoms with Crippen LogP contribution in [0.25, 0.3) is 0 Å². The van der Waals surface area contributed by atoms with Gasteiger partial charge in [-0.05, 0) is 36.8 Å². The van der Waals surface area contributed by atoms with Crippen LogP contribution >= 0.6 is 23.4 Å². The van der Waals surface area contributed by atoms with Crippen LogP contribution in [-0.4, -0.2) is 25.7 Å². The summed E-state index contributed by atoms with van der Waals surface area (Å²) in [6.07, 6.45) is 3.77. The molecular formula is C21H27ClN2S+2. The summed E-state index contributed by atoms with van der Waals surface area (Å²) in [6.45, 7) is 6.20. The van der Waals surface area contributed by atoms with Crippen molar-refractivity contribution in [2.75, 3.05) is 19.6 Å². The van der Waals surface area contributed by atoms with Gasteiger partial charge in [-0.3, -0.25) is 0 Å². The third kappa shape index (κ3) is 3.90. The fraction of sp³-hybridized carbons (Fsp3) is 0.429. The van der Waals surface area contributed by atoms with Gasteiger partial charge < -0.3 is 10.2 Å². The Balaban J connectivity index is 1.63. The standard InChI is InChI=1S/C21H25ClN2S/c1-2-24-11-5-6-17(14-24)23-19-13-15-12-16(22)9-10-20(15)25-21-8-4-3-7-18(19)21/h3-4,7-10,12,17,19,23H,2,5-6,11,13-14H2,1H3/p+2/t17-,19+/m0/s1. The van der Waals surface area contributed by atoms with E-state index in [0.717, 1.165) is 17.5 Å². The van der Waals surface area contributed by atoms with Crippen LogP contribution in [0, 0.1) is 0 Å². The molecule has 132 valence electrons. The highest BCUT2D eigenvalue weighted by atomic mass is 35.5. The second kappa shape index (κ2) is 7.71. The third-order valence-electron chi connectivity index (χ3n) is 5.66. The number of benzene rings is 2. The molecular weight excluding hydrogens is 348 g/mol. The molecule has 2 nitrogen and oxygen atoms in total. The maximum atomic E-state index is 6.30. The van der Waals surface area contributed by atoms with E-state index in [-0.39, 0.29) is 0 Å². The van der Waals surface area contributed by atoms with Crippen LogP contribution in [0.4, 0.5) is 0 Å². The van der Waals surface area contributed by atoms with E-state index in [0.29, 0.717) is 6.04 Å². The zero-order chi connectivity index (χ0) is 17.2. The molecule has 3 N–H and O–H groups in total. The van der Waals surface area contributed by atoms with Crippen molar-refractivity contribution in [1.82, 2.24) is 0 Å². The number of quaternary nitrogens is 2. The lowest BCUT2D eigenvalue weighted by atomic mass is 9.96. The van der Waals surface area contributed by atoms with Gasteiger partial charge in [0.05, 0.1) is 13.1 Å². The molecule has 2 aliphatic rings. The van der Waals surface area contributed by atoms with Gasteiger partial charge in [0.1, 0.15) is 18.6 Å². The van der Waals surface area contributed by atoms with Crippen molar-refractivity contribution in [2.24, 2.45) is 0 Å². The van der Waals surface area contributed by atoms with Gasteiger partial charge in [-0.2, -0.15) is 0 Å². The van der Waals surface area contributed by atoms with Crippen LogP contribution in [-0.2, 0) is 6.42 Å². The molecule has 2 aromatic rings. The number of nitrogens with two attached hydrogens (primary N) is 1. The van der Waals surface area contributed by atoms with E-state index < -0.39 is 0 Å². The minimum Gasteiger partial charge on any atom is -0.333 e. The first kappa shape index (κ1) is 17.4. The molecule has 0 spiro atoms. The summed E-state index contributed by atoms with van der Waals surface area (Å²) in [5.74, 6) is 0. The Bertz CT molecular complexity index is 748. The van der Waals surface area contributed by atoms with Crippen molar-refractivity contribution in [1.29, 1.82) is 0 Å². The summed E-state index contributed by atoms with van der Waals surface area (Å²) in [5, 5.41) is 3.51. The van der Waals surface area contributed by atoms with E-state index in [2.05, 4.69) is 48.6 Å². The largest absolute Gasteiger partial charge is 0.333 e. The van der Waals surface area contributed by atoms with Crippen molar-refractivity contribution >= 4 is 23.4 Å². The molecule has 1 unspecified atom stereocenters. The first-order valence-corrected chi connectivity index (χ1v) is 10.7. The van der Waals surface area contributed by atoms with Gasteiger partial charge in [0.25, 0.3) is 0 Å². The maximum Gasteiger partial charge on any atom is 0.136 e. The molecule has 2 aromatic carbocycles. The summed E-state index contributed by atoms with van der Waals surface area (Å²) in [7, 11) is 0. The van der Waals surface area contributed by atoms with E-state index >= 15 is 0 Å². The van der Waals surface area contributed by atoms with Crippen molar-refractivity contribution in [2.45, 2.75) is 48.1 Å². The third-order valence-corrected chi connectivity index (χ3v) is 7.11. The lowest BCUT2D eigenvalue weighted by molar-refractivity contribution is -0.928. The topological polar surface area (TPSA) is 21.1 Å². The predicted molar refractivity (Wildman–Crippen MR) is 105 cm³/mol. The van der Waals surface area contributed by atoms with Gasteiger partial charge in [0, 0.05) is 39.6 Å². The lowest BCUT2D eigenvalue weighted by Crippen LogP contribution is -3.17. The molecule has 2 aliphatic heterocycles. The second-order valence-corrected chi connectivity index (χ2v) is 8.88. The van der Waals surface area contributed by atoms with Crippen LogP contribution in [0.5, 0.6) is 0 Å². The molecule has 1 fully saturated rings. The number of fused-ring (bicyclic) bond motifs is 2. The molecule has 4 rings (SSSR count). The number of nitrogens with one attached hydrogen (secondary N) is 1. The second-order valence-electron chi connectivity index (χ2n) is 7.35. The van der Waals surface area contributed by atoms with Gasteiger partial charge >= 0.3 is 0 Å². The van der Waals surface area contributed by atoms with Crippen LogP contribution in [0.15, 0.2) is 52.3 Å². The Morgan fingerprint density at radius 3 is 2.96 bits per heavy atom. The Kier molecular flexibility index (Phi) is 5.37. The number of rotatable bonds is 3. The highest BCUT2D eigenvalue weighted by molar-refractivity contribution is 7.99. The minimum absolute atomic E-state index is 0.490. The van der Waals surface area contributed by atoms with Crippen LogP contribution in [0.2, 0.25) is 5.02 Å². The van der Waals surface area contributed by atoms with Gasteiger partial charge in [-0.25, -0.2) is 0 Å². The van der Waals surface area contributed by atoms with Gasteiger partial charge in [0.2, 0.25) is 0 Å². The normalized spacial score (nSPS) is 25.8. The number of hydrogen-bond donors (Lipinski definition) is 2. The molecule has 2 heterocycles. The summed E-state index contributed by atoms with van der Waals surface area (Å²) >= 11 is 8.19. The van der Waals surface area contributed by atoms with Crippen LogP contribution in [0.3, 0.4) is 0 Å². The van der Waals surface area contributed by atoms with E-state index in [9.17, 15) is 0 Å². The lowest BCUT2D eigenvalue weighted by Gasteiger charge is -2.30. The van der Waals surface area contributed by atoms with Gasteiger partial charge in [0.15, 0.2) is 0 Å². The average Bonchev–Trinajstić information content (AvgIpc) is 2.78. The molecule has 0 aromatic heterocycles. The number of likely N-dealkylation sites (tertiary alicyclic amines) is 1. The number of piperidine rings is 1. The van der Waals surface area contributed by atoms with Crippen molar-refractivity contribution < 1.29 is 10.2 Å². The van der Waals surface area contributed by atoms with Crippen LogP contribution < -0.4 is 10.2 Å². The smallest absolute Gasteiger partial charge is 0.136 e. The highest BCUT2D eigenvalue weighted by Crippen LogP contribution is 2.40.